The molecule has 0 unspecified atom stereocenters. The molecule has 0 saturated carbocycles. The Morgan fingerprint density at radius 3 is 2.88 bits per heavy atom. The van der Waals surface area contributed by atoms with E-state index in [1.807, 2.05) is 24.3 Å². The molecule has 1 aliphatic rings. The fourth-order valence-electron chi connectivity index (χ4n) is 1.52. The van der Waals surface area contributed by atoms with Crippen LogP contribution in [0.15, 0.2) is 28.7 Å². The van der Waals surface area contributed by atoms with E-state index in [-0.39, 0.29) is 10.9 Å². The summed E-state index contributed by atoms with van der Waals surface area (Å²) in [6.45, 7) is 0.361. The number of rotatable bonds is 1. The molecule has 0 aliphatic carbocycles. The fraction of sp³-hybridized carbons (Fsp3) is 0.200. The lowest BCUT2D eigenvalue weighted by molar-refractivity contribution is 0.0708. The fourth-order valence-corrected chi connectivity index (χ4v) is 1.65. The predicted molar refractivity (Wildman–Crippen MR) is 57.0 cm³/mol. The molecule has 0 bridgehead atoms. The van der Waals surface area contributed by atoms with Crippen LogP contribution in [-0.2, 0) is 0 Å². The lowest BCUT2D eigenvalue weighted by atomic mass is 10.2. The van der Waals surface area contributed by atoms with Crippen LogP contribution >= 0.6 is 12.2 Å². The zero-order chi connectivity index (χ0) is 11.0. The Morgan fingerprint density at radius 1 is 1.31 bits per heavy atom. The summed E-state index contributed by atoms with van der Waals surface area (Å²) in [7, 11) is 0. The van der Waals surface area contributed by atoms with E-state index in [1.54, 1.807) is 0 Å². The molecule has 1 aromatic carbocycles. The third-order valence-corrected chi connectivity index (χ3v) is 2.41. The van der Waals surface area contributed by atoms with Crippen molar-refractivity contribution in [2.45, 2.75) is 6.10 Å². The predicted octanol–water partition coefficient (Wildman–Crippen LogP) is 2.24. The summed E-state index contributed by atoms with van der Waals surface area (Å²) in [5.74, 6) is 1.82. The molecule has 0 fully saturated rings. The minimum atomic E-state index is -0.358. The van der Waals surface area contributed by atoms with Gasteiger partial charge in [0, 0.05) is 0 Å². The topological polar surface area (TPSA) is 60.3 Å². The second-order valence-electron chi connectivity index (χ2n) is 3.32. The standard InChI is InChI=1S/C10H8N2O3S/c16-10-12-11-9(15-10)8-5-13-6-3-1-2-4-7(6)14-8/h1-4,8H,5H2,(H,12,16)/t8-/m1/s1. The van der Waals surface area contributed by atoms with Crippen LogP contribution in [0.3, 0.4) is 0 Å². The van der Waals surface area contributed by atoms with Crippen LogP contribution < -0.4 is 9.47 Å². The van der Waals surface area contributed by atoms with E-state index in [4.69, 9.17) is 26.1 Å². The third kappa shape index (κ3) is 1.57. The van der Waals surface area contributed by atoms with E-state index < -0.39 is 0 Å². The number of para-hydroxylation sites is 2. The van der Waals surface area contributed by atoms with Crippen LogP contribution in [0.4, 0.5) is 0 Å². The Hall–Kier alpha value is -1.82. The normalized spacial score (nSPS) is 18.4. The van der Waals surface area contributed by atoms with Crippen molar-refractivity contribution in [1.29, 1.82) is 0 Å². The number of ether oxygens (including phenoxy) is 2. The molecule has 1 aromatic heterocycles. The highest BCUT2D eigenvalue weighted by molar-refractivity contribution is 7.71. The van der Waals surface area contributed by atoms with E-state index in [0.29, 0.717) is 18.2 Å². The molecule has 6 heteroatoms. The summed E-state index contributed by atoms with van der Waals surface area (Å²) in [5, 5.41) is 6.46. The van der Waals surface area contributed by atoms with Crippen LogP contribution in [0.1, 0.15) is 12.0 Å². The Labute approximate surface area is 96.0 Å². The molecule has 5 nitrogen and oxygen atoms in total. The second-order valence-corrected chi connectivity index (χ2v) is 3.69. The van der Waals surface area contributed by atoms with Crippen molar-refractivity contribution < 1.29 is 13.9 Å². The molecule has 82 valence electrons. The first-order valence-electron chi connectivity index (χ1n) is 4.77. The summed E-state index contributed by atoms with van der Waals surface area (Å²) in [6.07, 6.45) is -0.358. The second kappa shape index (κ2) is 3.64. The number of nitrogens with zero attached hydrogens (tertiary/aromatic N) is 1. The Kier molecular flexibility index (Phi) is 2.14. The molecule has 0 radical (unpaired) electrons. The minimum absolute atomic E-state index is 0.234. The van der Waals surface area contributed by atoms with Crippen molar-refractivity contribution in [3.8, 4) is 11.5 Å². The van der Waals surface area contributed by atoms with Gasteiger partial charge in [-0.05, 0) is 24.4 Å². The SMILES string of the molecule is S=c1[nH]nc([C@H]2COc3ccccc3O2)o1. The van der Waals surface area contributed by atoms with Gasteiger partial charge in [-0.3, -0.25) is 0 Å². The zero-order valence-electron chi connectivity index (χ0n) is 8.17. The van der Waals surface area contributed by atoms with Crippen LogP contribution in [-0.4, -0.2) is 16.8 Å². The number of nitrogens with one attached hydrogen (secondary N) is 1. The van der Waals surface area contributed by atoms with Gasteiger partial charge >= 0.3 is 0 Å². The van der Waals surface area contributed by atoms with Gasteiger partial charge in [0.15, 0.2) is 11.5 Å². The van der Waals surface area contributed by atoms with Gasteiger partial charge in [0.2, 0.25) is 6.10 Å². The summed E-state index contributed by atoms with van der Waals surface area (Å²) < 4.78 is 16.4. The van der Waals surface area contributed by atoms with Gasteiger partial charge in [-0.15, -0.1) is 5.10 Å². The van der Waals surface area contributed by atoms with Crippen LogP contribution in [0.5, 0.6) is 11.5 Å². The van der Waals surface area contributed by atoms with Crippen molar-refractivity contribution >= 4 is 12.2 Å². The maximum atomic E-state index is 5.68. The largest absolute Gasteiger partial charge is 0.485 e. The number of hydrogen-bond acceptors (Lipinski definition) is 5. The number of H-pyrrole nitrogens is 1. The Bertz CT molecular complexity index is 563. The molecule has 2 aromatic rings. The van der Waals surface area contributed by atoms with Gasteiger partial charge in [0.1, 0.15) is 6.61 Å². The summed E-state index contributed by atoms with van der Waals surface area (Å²) in [6, 6.07) is 7.46. The first-order valence-corrected chi connectivity index (χ1v) is 5.17. The summed E-state index contributed by atoms with van der Waals surface area (Å²) >= 11 is 4.80. The van der Waals surface area contributed by atoms with Gasteiger partial charge in [-0.2, -0.15) is 0 Å². The monoisotopic (exact) mass is 236 g/mol. The molecule has 1 atom stereocenters. The Balaban J connectivity index is 1.90. The van der Waals surface area contributed by atoms with Gasteiger partial charge < -0.3 is 13.9 Å². The van der Waals surface area contributed by atoms with E-state index in [9.17, 15) is 0 Å². The number of fused-ring (bicyclic) bond motifs is 1. The quantitative estimate of drug-likeness (QED) is 0.769. The molecule has 2 heterocycles. The van der Waals surface area contributed by atoms with Gasteiger partial charge in [0.05, 0.1) is 0 Å². The van der Waals surface area contributed by atoms with Crippen LogP contribution in [0.25, 0.3) is 0 Å². The Morgan fingerprint density at radius 2 is 2.12 bits per heavy atom. The zero-order valence-corrected chi connectivity index (χ0v) is 8.99. The van der Waals surface area contributed by atoms with E-state index in [0.717, 1.165) is 5.75 Å². The van der Waals surface area contributed by atoms with Crippen LogP contribution in [0, 0.1) is 4.84 Å². The molecule has 3 rings (SSSR count). The maximum absolute atomic E-state index is 5.68. The molecule has 0 saturated heterocycles. The highest BCUT2D eigenvalue weighted by Crippen LogP contribution is 2.35. The number of aromatic amines is 1. The van der Waals surface area contributed by atoms with E-state index in [2.05, 4.69) is 10.2 Å². The van der Waals surface area contributed by atoms with Gasteiger partial charge in [-0.1, -0.05) is 12.1 Å². The highest BCUT2D eigenvalue weighted by atomic mass is 32.1. The number of aromatic nitrogens is 2. The lowest BCUT2D eigenvalue weighted by Gasteiger charge is -2.23. The average Bonchev–Trinajstić information content (AvgIpc) is 2.75. The molecule has 1 aliphatic heterocycles. The first kappa shape index (κ1) is 9.41. The molecule has 16 heavy (non-hydrogen) atoms. The average molecular weight is 236 g/mol. The van der Waals surface area contributed by atoms with Crippen LogP contribution in [0.2, 0.25) is 0 Å². The smallest absolute Gasteiger partial charge is 0.284 e. The van der Waals surface area contributed by atoms with Gasteiger partial charge in [0.25, 0.3) is 10.7 Å². The third-order valence-electron chi connectivity index (χ3n) is 2.24. The van der Waals surface area contributed by atoms with Crippen molar-refractivity contribution in [1.82, 2.24) is 10.2 Å². The van der Waals surface area contributed by atoms with Crippen molar-refractivity contribution in [2.24, 2.45) is 0 Å². The number of hydrogen-bond donors (Lipinski definition) is 1. The van der Waals surface area contributed by atoms with Crippen molar-refractivity contribution in [3.05, 3.63) is 35.0 Å². The first-order chi connectivity index (χ1) is 7.83. The minimum Gasteiger partial charge on any atom is -0.485 e. The molecule has 0 amide bonds. The molecular formula is C10H8N2O3S. The molecule has 1 N–H and O–H groups in total. The van der Waals surface area contributed by atoms with Crippen molar-refractivity contribution in [3.63, 3.8) is 0 Å². The van der Waals surface area contributed by atoms with E-state index >= 15 is 0 Å². The van der Waals surface area contributed by atoms with E-state index in [1.165, 1.54) is 0 Å². The van der Waals surface area contributed by atoms with Gasteiger partial charge in [-0.25, -0.2) is 5.10 Å². The lowest BCUT2D eigenvalue weighted by Crippen LogP contribution is -2.21. The highest BCUT2D eigenvalue weighted by Gasteiger charge is 2.26. The maximum Gasteiger partial charge on any atom is 0.284 e. The number of benzene rings is 1. The summed E-state index contributed by atoms with van der Waals surface area (Å²) in [4.78, 5) is 0.234. The molecule has 0 spiro atoms. The summed E-state index contributed by atoms with van der Waals surface area (Å²) in [5.41, 5.74) is 0. The van der Waals surface area contributed by atoms with Crippen molar-refractivity contribution in [2.75, 3.05) is 6.61 Å². The molecular weight excluding hydrogens is 228 g/mol.